The van der Waals surface area contributed by atoms with Crippen molar-refractivity contribution in [3.05, 3.63) is 35.2 Å². The Morgan fingerprint density at radius 1 is 1.10 bits per heavy atom. The zero-order valence-corrected chi connectivity index (χ0v) is 24.8. The third kappa shape index (κ3) is 6.71. The minimum Gasteiger partial charge on any atom is -0.465 e. The summed E-state index contributed by atoms with van der Waals surface area (Å²) in [5.41, 5.74) is 7.70. The Morgan fingerprint density at radius 3 is 2.34 bits per heavy atom. The van der Waals surface area contributed by atoms with Gasteiger partial charge in [0.25, 0.3) is 0 Å². The Hall–Kier alpha value is -2.67. The summed E-state index contributed by atoms with van der Waals surface area (Å²) in [6, 6.07) is 6.58. The van der Waals surface area contributed by atoms with Gasteiger partial charge in [-0.05, 0) is 81.4 Å². The Bertz CT molecular complexity index is 1350. The molecule has 1 saturated carbocycles. The predicted molar refractivity (Wildman–Crippen MR) is 157 cm³/mol. The van der Waals surface area contributed by atoms with Crippen LogP contribution in [0.2, 0.25) is 5.15 Å². The second-order valence-corrected chi connectivity index (χ2v) is 14.1. The molecule has 1 aliphatic carbocycles. The van der Waals surface area contributed by atoms with E-state index in [1.807, 2.05) is 4.90 Å². The highest BCUT2D eigenvalue weighted by molar-refractivity contribution is 7.88. The SMILES string of the molecule is CS(=O)(=O)N1CCC([C@H]2C[C@@H](c3nc(Cl)c(-c4ccc(NC(=O)O)cc4)[nH]3)N(C(=O)[C@H]3CC[C@@H](CN)CC3)C2)CC1. The van der Waals surface area contributed by atoms with E-state index in [0.717, 1.165) is 50.5 Å². The molecule has 41 heavy (non-hydrogen) atoms. The molecule has 0 bridgehead atoms. The molecule has 0 spiro atoms. The molecule has 2 atom stereocenters. The minimum absolute atomic E-state index is 0.0367. The van der Waals surface area contributed by atoms with E-state index < -0.39 is 16.1 Å². The van der Waals surface area contributed by atoms with E-state index in [0.29, 0.717) is 60.4 Å². The number of carbonyl (C=O) groups excluding carboxylic acids is 1. The zero-order chi connectivity index (χ0) is 29.3. The summed E-state index contributed by atoms with van der Waals surface area (Å²) in [6.07, 6.45) is 5.99. The molecule has 3 fully saturated rings. The third-order valence-electron chi connectivity index (χ3n) is 9.20. The molecule has 2 aromatic rings. The van der Waals surface area contributed by atoms with Crippen molar-refractivity contribution in [2.24, 2.45) is 29.4 Å². The van der Waals surface area contributed by atoms with Crippen LogP contribution in [0, 0.1) is 23.7 Å². The molecule has 13 heteroatoms. The fourth-order valence-electron chi connectivity index (χ4n) is 6.83. The quantitative estimate of drug-likeness (QED) is 0.368. The van der Waals surface area contributed by atoms with E-state index in [4.69, 9.17) is 22.4 Å². The molecular formula is C28H39ClN6O5S. The number of hydrogen-bond acceptors (Lipinski definition) is 6. The van der Waals surface area contributed by atoms with Crippen LogP contribution >= 0.6 is 11.6 Å². The first-order valence-corrected chi connectivity index (χ1v) is 16.6. The number of anilines is 1. The van der Waals surface area contributed by atoms with E-state index in [9.17, 15) is 18.0 Å². The van der Waals surface area contributed by atoms with Crippen LogP contribution in [0.4, 0.5) is 10.5 Å². The number of aromatic amines is 1. The van der Waals surface area contributed by atoms with Crippen molar-refractivity contribution >= 4 is 39.3 Å². The maximum Gasteiger partial charge on any atom is 0.409 e. The van der Waals surface area contributed by atoms with Gasteiger partial charge in [-0.1, -0.05) is 23.7 Å². The van der Waals surface area contributed by atoms with Crippen LogP contribution in [-0.2, 0) is 14.8 Å². The molecule has 5 N–H and O–H groups in total. The predicted octanol–water partition coefficient (Wildman–Crippen LogP) is 4.15. The van der Waals surface area contributed by atoms with Gasteiger partial charge in [0.2, 0.25) is 15.9 Å². The van der Waals surface area contributed by atoms with Crippen molar-refractivity contribution in [3.8, 4) is 11.3 Å². The van der Waals surface area contributed by atoms with E-state index in [1.165, 1.54) is 6.26 Å². The van der Waals surface area contributed by atoms with Crippen LogP contribution in [0.3, 0.4) is 0 Å². The lowest BCUT2D eigenvalue weighted by Gasteiger charge is -2.34. The number of nitrogens with one attached hydrogen (secondary N) is 2. The summed E-state index contributed by atoms with van der Waals surface area (Å²) in [5.74, 6) is 1.78. The lowest BCUT2D eigenvalue weighted by Crippen LogP contribution is -2.41. The average molecular weight is 607 g/mol. The minimum atomic E-state index is -3.21. The first kappa shape index (κ1) is 29.8. The highest BCUT2D eigenvalue weighted by Gasteiger charge is 2.44. The smallest absolute Gasteiger partial charge is 0.409 e. The van der Waals surface area contributed by atoms with Gasteiger partial charge in [-0.3, -0.25) is 10.1 Å². The van der Waals surface area contributed by atoms with Crippen LogP contribution in [0.15, 0.2) is 24.3 Å². The van der Waals surface area contributed by atoms with Crippen LogP contribution in [-0.4, -0.2) is 77.1 Å². The first-order chi connectivity index (χ1) is 19.5. The zero-order valence-electron chi connectivity index (χ0n) is 23.3. The molecule has 5 rings (SSSR count). The Balaban J connectivity index is 1.37. The number of hydrogen-bond donors (Lipinski definition) is 4. The van der Waals surface area contributed by atoms with Crippen LogP contribution < -0.4 is 11.1 Å². The molecule has 3 heterocycles. The normalized spacial score (nSPS) is 26.3. The van der Waals surface area contributed by atoms with Gasteiger partial charge < -0.3 is 20.7 Å². The molecule has 224 valence electrons. The van der Waals surface area contributed by atoms with Crippen molar-refractivity contribution < 1.29 is 23.1 Å². The van der Waals surface area contributed by atoms with Gasteiger partial charge in [-0.2, -0.15) is 0 Å². The number of likely N-dealkylation sites (tertiary alicyclic amines) is 1. The molecule has 1 aromatic heterocycles. The van der Waals surface area contributed by atoms with E-state index >= 15 is 0 Å². The number of rotatable bonds is 7. The monoisotopic (exact) mass is 606 g/mol. The number of nitrogens with zero attached hydrogens (tertiary/aromatic N) is 3. The number of aromatic nitrogens is 2. The maximum atomic E-state index is 14.0. The average Bonchev–Trinajstić information content (AvgIpc) is 3.56. The molecule has 2 aliphatic heterocycles. The van der Waals surface area contributed by atoms with Gasteiger partial charge in [-0.15, -0.1) is 0 Å². The number of piperidine rings is 1. The number of halogens is 1. The maximum absolute atomic E-state index is 14.0. The molecule has 2 saturated heterocycles. The highest BCUT2D eigenvalue weighted by atomic mass is 35.5. The number of benzene rings is 1. The lowest BCUT2D eigenvalue weighted by molar-refractivity contribution is -0.138. The van der Waals surface area contributed by atoms with Crippen molar-refractivity contribution in [3.63, 3.8) is 0 Å². The fraction of sp³-hybridized carbons (Fsp3) is 0.607. The second-order valence-electron chi connectivity index (χ2n) is 11.8. The van der Waals surface area contributed by atoms with Gasteiger partial charge in [-0.25, -0.2) is 22.5 Å². The van der Waals surface area contributed by atoms with Gasteiger partial charge in [0, 0.05) is 36.8 Å². The summed E-state index contributed by atoms with van der Waals surface area (Å²) in [6.45, 7) is 2.28. The van der Waals surface area contributed by atoms with Crippen molar-refractivity contribution in [2.75, 3.05) is 37.8 Å². The summed E-state index contributed by atoms with van der Waals surface area (Å²) in [5, 5.41) is 11.6. The van der Waals surface area contributed by atoms with Crippen molar-refractivity contribution in [1.29, 1.82) is 0 Å². The van der Waals surface area contributed by atoms with Gasteiger partial charge in [0.15, 0.2) is 5.15 Å². The number of amides is 2. The summed E-state index contributed by atoms with van der Waals surface area (Å²) in [7, 11) is -3.21. The largest absolute Gasteiger partial charge is 0.465 e. The number of imidazole rings is 1. The van der Waals surface area contributed by atoms with E-state index in [2.05, 4.69) is 15.3 Å². The number of carbonyl (C=O) groups is 2. The number of sulfonamides is 1. The van der Waals surface area contributed by atoms with E-state index in [-0.39, 0.29) is 23.8 Å². The van der Waals surface area contributed by atoms with Gasteiger partial charge >= 0.3 is 6.09 Å². The molecule has 11 nitrogen and oxygen atoms in total. The second kappa shape index (κ2) is 12.3. The molecule has 2 amide bonds. The Kier molecular flexibility index (Phi) is 8.93. The summed E-state index contributed by atoms with van der Waals surface area (Å²) < 4.78 is 25.6. The van der Waals surface area contributed by atoms with Gasteiger partial charge in [0.05, 0.1) is 18.0 Å². The third-order valence-corrected chi connectivity index (χ3v) is 10.8. The van der Waals surface area contributed by atoms with Crippen LogP contribution in [0.25, 0.3) is 11.3 Å². The molecule has 0 radical (unpaired) electrons. The van der Waals surface area contributed by atoms with Crippen LogP contribution in [0.1, 0.15) is 56.8 Å². The molecular weight excluding hydrogens is 568 g/mol. The Morgan fingerprint density at radius 2 is 1.76 bits per heavy atom. The Labute approximate surface area is 245 Å². The van der Waals surface area contributed by atoms with E-state index in [1.54, 1.807) is 28.6 Å². The van der Waals surface area contributed by atoms with Crippen molar-refractivity contribution in [2.45, 2.75) is 51.0 Å². The topological polar surface area (TPSA) is 162 Å². The van der Waals surface area contributed by atoms with Crippen molar-refractivity contribution in [1.82, 2.24) is 19.2 Å². The molecule has 0 unspecified atom stereocenters. The number of carboxylic acid groups (broad SMARTS) is 1. The fourth-order valence-corrected chi connectivity index (χ4v) is 7.95. The lowest BCUT2D eigenvalue weighted by atomic mass is 9.81. The highest BCUT2D eigenvalue weighted by Crippen LogP contribution is 2.44. The molecule has 3 aliphatic rings. The van der Waals surface area contributed by atoms with Crippen LogP contribution in [0.5, 0.6) is 0 Å². The van der Waals surface area contributed by atoms with Gasteiger partial charge in [0.1, 0.15) is 5.82 Å². The number of H-pyrrole nitrogens is 1. The summed E-state index contributed by atoms with van der Waals surface area (Å²) in [4.78, 5) is 34.9. The standard InChI is InChI=1S/C28H39ClN6O5S/c1-41(39,40)34-12-10-18(11-13-34)21-14-23(35(16-21)27(36)20-4-2-17(15-30)3-5-20)26-32-24(25(29)33-26)19-6-8-22(9-7-19)31-28(37)38/h6-9,17-18,20-21,23,31H,2-5,10-16,30H2,1H3,(H,32,33)(H,37,38)/t17-,20+,21-,23-/m0/s1. The molecule has 1 aromatic carbocycles. The number of nitrogens with two attached hydrogens (primary N) is 1. The first-order valence-electron chi connectivity index (χ1n) is 14.3. The summed E-state index contributed by atoms with van der Waals surface area (Å²) >= 11 is 6.60.